The molecule has 2 N–H and O–H groups in total. The molecule has 2 amide bonds. The Morgan fingerprint density at radius 3 is 2.50 bits per heavy atom. The second-order valence-electron chi connectivity index (χ2n) is 7.52. The van der Waals surface area contributed by atoms with Gasteiger partial charge in [0.1, 0.15) is 0 Å². The number of likely N-dealkylation sites (tertiary alicyclic amines) is 1. The van der Waals surface area contributed by atoms with Crippen molar-refractivity contribution in [1.82, 2.24) is 20.4 Å². The fourth-order valence-corrected chi connectivity index (χ4v) is 3.93. The molecule has 6 nitrogen and oxygen atoms in total. The van der Waals surface area contributed by atoms with E-state index in [1.54, 1.807) is 0 Å². The minimum atomic E-state index is -0.00193. The first-order chi connectivity index (χ1) is 12.1. The van der Waals surface area contributed by atoms with Crippen molar-refractivity contribution in [3.05, 3.63) is 0 Å². The van der Waals surface area contributed by atoms with Crippen LogP contribution in [0.3, 0.4) is 0 Å². The van der Waals surface area contributed by atoms with Crippen LogP contribution in [0.4, 0.5) is 0 Å². The Morgan fingerprint density at radius 2 is 1.88 bits per heavy atom. The van der Waals surface area contributed by atoms with Gasteiger partial charge in [-0.25, -0.2) is 0 Å². The largest absolute Gasteiger partial charge is 0.354 e. The smallest absolute Gasteiger partial charge is 0.237 e. The zero-order valence-corrected chi connectivity index (χ0v) is 17.3. The molecule has 0 aromatic heterocycles. The van der Waals surface area contributed by atoms with E-state index in [-0.39, 0.29) is 30.3 Å². The number of hydrogen-bond acceptors (Lipinski definition) is 4. The lowest BCUT2D eigenvalue weighted by Gasteiger charge is -2.34. The van der Waals surface area contributed by atoms with Crippen LogP contribution >= 0.6 is 12.4 Å². The molecule has 2 saturated heterocycles. The maximum Gasteiger partial charge on any atom is 0.237 e. The second-order valence-corrected chi connectivity index (χ2v) is 7.52. The molecule has 0 spiro atoms. The minimum absolute atomic E-state index is 0. The van der Waals surface area contributed by atoms with Gasteiger partial charge < -0.3 is 15.5 Å². The van der Waals surface area contributed by atoms with Crippen molar-refractivity contribution in [2.45, 2.75) is 58.4 Å². The third kappa shape index (κ3) is 7.41. The van der Waals surface area contributed by atoms with E-state index in [1.807, 2.05) is 4.90 Å². The lowest BCUT2D eigenvalue weighted by Crippen LogP contribution is -2.48. The van der Waals surface area contributed by atoms with Gasteiger partial charge in [0.05, 0.1) is 12.6 Å². The molecule has 0 radical (unpaired) electrons. The number of carbonyl (C=O) groups excluding carboxylic acids is 2. The molecular weight excluding hydrogens is 352 g/mol. The molecule has 2 unspecified atom stereocenters. The molecule has 0 saturated carbocycles. The first-order valence-electron chi connectivity index (χ1n) is 10.1. The molecule has 0 aromatic carbocycles. The standard InChI is InChI=1S/C19H36N4O2.ClH/c1-3-10-23(11-4-2)18(24)15-22-12-6-7-16(14-22)13-21-19(25)17-8-5-9-20-17;/h16-17,20H,3-15H2,1-2H3,(H,21,25);1H. The van der Waals surface area contributed by atoms with Gasteiger partial charge in [-0.15, -0.1) is 12.4 Å². The summed E-state index contributed by atoms with van der Waals surface area (Å²) in [5.74, 6) is 0.851. The highest BCUT2D eigenvalue weighted by Crippen LogP contribution is 2.16. The maximum atomic E-state index is 12.5. The summed E-state index contributed by atoms with van der Waals surface area (Å²) in [6, 6.07) is -0.00193. The number of rotatable bonds is 9. The van der Waals surface area contributed by atoms with Crippen LogP contribution in [-0.4, -0.2) is 73.5 Å². The van der Waals surface area contributed by atoms with Crippen molar-refractivity contribution >= 4 is 24.2 Å². The molecule has 2 rings (SSSR count). The van der Waals surface area contributed by atoms with Crippen LogP contribution in [0.2, 0.25) is 0 Å². The van der Waals surface area contributed by atoms with Gasteiger partial charge in [-0.3, -0.25) is 14.5 Å². The molecule has 2 aliphatic rings. The maximum absolute atomic E-state index is 12.5. The van der Waals surface area contributed by atoms with E-state index < -0.39 is 0 Å². The number of amides is 2. The number of nitrogens with zero attached hydrogens (tertiary/aromatic N) is 2. The van der Waals surface area contributed by atoms with Gasteiger partial charge in [-0.2, -0.15) is 0 Å². The third-order valence-corrected chi connectivity index (χ3v) is 5.24. The van der Waals surface area contributed by atoms with E-state index >= 15 is 0 Å². The quantitative estimate of drug-likeness (QED) is 0.630. The van der Waals surface area contributed by atoms with Gasteiger partial charge in [-0.1, -0.05) is 13.8 Å². The zero-order chi connectivity index (χ0) is 18.1. The average molecular weight is 389 g/mol. The van der Waals surface area contributed by atoms with Crippen LogP contribution in [0, 0.1) is 5.92 Å². The van der Waals surface area contributed by atoms with Gasteiger partial charge >= 0.3 is 0 Å². The zero-order valence-electron chi connectivity index (χ0n) is 16.5. The lowest BCUT2D eigenvalue weighted by atomic mass is 9.97. The average Bonchev–Trinajstić information content (AvgIpc) is 3.14. The van der Waals surface area contributed by atoms with E-state index in [0.29, 0.717) is 12.5 Å². The van der Waals surface area contributed by atoms with Gasteiger partial charge in [0.25, 0.3) is 0 Å². The predicted molar refractivity (Wildman–Crippen MR) is 108 cm³/mol. The number of hydrogen-bond donors (Lipinski definition) is 2. The van der Waals surface area contributed by atoms with Crippen LogP contribution in [0.15, 0.2) is 0 Å². The first kappa shape index (κ1) is 23.2. The van der Waals surface area contributed by atoms with Crippen molar-refractivity contribution < 1.29 is 9.59 Å². The summed E-state index contributed by atoms with van der Waals surface area (Å²) in [5.41, 5.74) is 0. The first-order valence-corrected chi connectivity index (χ1v) is 10.1. The third-order valence-electron chi connectivity index (χ3n) is 5.24. The summed E-state index contributed by atoms with van der Waals surface area (Å²) < 4.78 is 0. The number of halogens is 1. The molecular formula is C19H37ClN4O2. The van der Waals surface area contributed by atoms with Crippen LogP contribution in [0.1, 0.15) is 52.4 Å². The highest BCUT2D eigenvalue weighted by Gasteiger charge is 2.26. The van der Waals surface area contributed by atoms with Crippen molar-refractivity contribution in [1.29, 1.82) is 0 Å². The Hall–Kier alpha value is -0.850. The topological polar surface area (TPSA) is 64.7 Å². The Balaban J connectivity index is 0.00000338. The molecule has 0 aromatic rings. The minimum Gasteiger partial charge on any atom is -0.354 e. The van der Waals surface area contributed by atoms with Gasteiger partial charge in [0, 0.05) is 26.2 Å². The van der Waals surface area contributed by atoms with Crippen LogP contribution < -0.4 is 10.6 Å². The van der Waals surface area contributed by atoms with Gasteiger partial charge in [0.2, 0.25) is 11.8 Å². The van der Waals surface area contributed by atoms with E-state index in [4.69, 9.17) is 0 Å². The molecule has 2 fully saturated rings. The molecule has 7 heteroatoms. The SMILES string of the molecule is CCCN(CCC)C(=O)CN1CCCC(CNC(=O)C2CCCN2)C1.Cl. The highest BCUT2D eigenvalue weighted by atomic mass is 35.5. The summed E-state index contributed by atoms with van der Waals surface area (Å²) in [6.07, 6.45) is 6.30. The van der Waals surface area contributed by atoms with E-state index in [0.717, 1.165) is 77.8 Å². The van der Waals surface area contributed by atoms with Crippen LogP contribution in [-0.2, 0) is 9.59 Å². The summed E-state index contributed by atoms with van der Waals surface area (Å²) in [5, 5.41) is 6.35. The molecule has 2 heterocycles. The predicted octanol–water partition coefficient (Wildman–Crippen LogP) is 1.64. The van der Waals surface area contributed by atoms with Crippen molar-refractivity contribution in [2.75, 3.05) is 45.8 Å². The van der Waals surface area contributed by atoms with E-state index in [1.165, 1.54) is 0 Å². The number of piperidine rings is 1. The molecule has 2 atom stereocenters. The molecule has 2 aliphatic heterocycles. The van der Waals surface area contributed by atoms with E-state index in [9.17, 15) is 9.59 Å². The molecule has 0 bridgehead atoms. The van der Waals surface area contributed by atoms with E-state index in [2.05, 4.69) is 29.4 Å². The lowest BCUT2D eigenvalue weighted by molar-refractivity contribution is -0.133. The number of nitrogens with one attached hydrogen (secondary N) is 2. The highest BCUT2D eigenvalue weighted by molar-refractivity contribution is 5.85. The van der Waals surface area contributed by atoms with Crippen molar-refractivity contribution in [2.24, 2.45) is 5.92 Å². The molecule has 26 heavy (non-hydrogen) atoms. The Morgan fingerprint density at radius 1 is 1.15 bits per heavy atom. The fraction of sp³-hybridized carbons (Fsp3) is 0.895. The summed E-state index contributed by atoms with van der Waals surface area (Å²) in [6.45, 7) is 10.1. The van der Waals surface area contributed by atoms with Crippen molar-refractivity contribution in [3.63, 3.8) is 0 Å². The normalized spacial score (nSPS) is 23.3. The summed E-state index contributed by atoms with van der Waals surface area (Å²) >= 11 is 0. The summed E-state index contributed by atoms with van der Waals surface area (Å²) in [4.78, 5) is 28.9. The van der Waals surface area contributed by atoms with Crippen LogP contribution in [0.5, 0.6) is 0 Å². The molecule has 0 aliphatic carbocycles. The summed E-state index contributed by atoms with van der Waals surface area (Å²) in [7, 11) is 0. The van der Waals surface area contributed by atoms with Crippen LogP contribution in [0.25, 0.3) is 0 Å². The molecule has 152 valence electrons. The fourth-order valence-electron chi connectivity index (χ4n) is 3.93. The van der Waals surface area contributed by atoms with Crippen molar-refractivity contribution in [3.8, 4) is 0 Å². The Labute approximate surface area is 164 Å². The Bertz CT molecular complexity index is 424. The monoisotopic (exact) mass is 388 g/mol. The van der Waals surface area contributed by atoms with Gasteiger partial charge in [0.15, 0.2) is 0 Å². The Kier molecular flexibility index (Phi) is 11.2. The second kappa shape index (κ2) is 12.5. The van der Waals surface area contributed by atoms with Gasteiger partial charge in [-0.05, 0) is 57.5 Å². The number of carbonyl (C=O) groups is 2.